The zero-order valence-corrected chi connectivity index (χ0v) is 10.4. The van der Waals surface area contributed by atoms with Gasteiger partial charge in [0.1, 0.15) is 18.1 Å². The van der Waals surface area contributed by atoms with E-state index < -0.39 is 0 Å². The van der Waals surface area contributed by atoms with Crippen molar-refractivity contribution in [1.29, 1.82) is 0 Å². The van der Waals surface area contributed by atoms with Crippen molar-refractivity contribution in [2.45, 2.75) is 19.5 Å². The molecule has 18 heavy (non-hydrogen) atoms. The highest BCUT2D eigenvalue weighted by atomic mass is 16.5. The fourth-order valence-electron chi connectivity index (χ4n) is 1.85. The van der Waals surface area contributed by atoms with E-state index >= 15 is 0 Å². The Morgan fingerprint density at radius 2 is 2.39 bits per heavy atom. The van der Waals surface area contributed by atoms with Crippen LogP contribution in [0.4, 0.5) is 0 Å². The van der Waals surface area contributed by atoms with Crippen molar-refractivity contribution in [3.05, 3.63) is 36.2 Å². The number of hydrogen-bond acceptors (Lipinski definition) is 6. The Morgan fingerprint density at radius 3 is 2.94 bits per heavy atom. The Bertz CT molecular complexity index is 476. The molecule has 7 nitrogen and oxygen atoms in total. The number of nitrogens with two attached hydrogens (primary N) is 1. The molecule has 2 aromatic heterocycles. The molecule has 0 radical (unpaired) electrons. The van der Waals surface area contributed by atoms with Crippen LogP contribution in [0.15, 0.2) is 24.8 Å². The highest BCUT2D eigenvalue weighted by Crippen LogP contribution is 2.28. The first-order valence-electron chi connectivity index (χ1n) is 5.63. The first kappa shape index (κ1) is 12.5. The van der Waals surface area contributed by atoms with E-state index in [9.17, 15) is 0 Å². The highest BCUT2D eigenvalue weighted by molar-refractivity contribution is 5.33. The van der Waals surface area contributed by atoms with Gasteiger partial charge in [0.05, 0.1) is 19.0 Å². The van der Waals surface area contributed by atoms with E-state index in [1.54, 1.807) is 25.6 Å². The van der Waals surface area contributed by atoms with E-state index in [0.29, 0.717) is 5.75 Å². The Kier molecular flexibility index (Phi) is 3.85. The Hall–Kier alpha value is -1.99. The average molecular weight is 248 g/mol. The second kappa shape index (κ2) is 5.56. The Morgan fingerprint density at radius 1 is 1.56 bits per heavy atom. The van der Waals surface area contributed by atoms with Gasteiger partial charge in [-0.3, -0.25) is 10.5 Å². The highest BCUT2D eigenvalue weighted by Gasteiger charge is 2.23. The number of hydrogen-bond donors (Lipinski definition) is 2. The molecule has 0 aliphatic heterocycles. The number of rotatable bonds is 5. The summed E-state index contributed by atoms with van der Waals surface area (Å²) in [5.74, 6) is 6.32. The minimum Gasteiger partial charge on any atom is -0.493 e. The van der Waals surface area contributed by atoms with Gasteiger partial charge >= 0.3 is 0 Å². The van der Waals surface area contributed by atoms with E-state index in [2.05, 4.69) is 20.5 Å². The average Bonchev–Trinajstić information content (AvgIpc) is 2.84. The monoisotopic (exact) mass is 248 g/mol. The minimum atomic E-state index is -0.287. The van der Waals surface area contributed by atoms with Crippen LogP contribution in [-0.4, -0.2) is 26.9 Å². The second-order valence-corrected chi connectivity index (χ2v) is 3.65. The third kappa shape index (κ3) is 2.18. The molecule has 0 aromatic carbocycles. The number of ether oxygens (including phenoxy) is 1. The Labute approximate surface area is 105 Å². The zero-order chi connectivity index (χ0) is 13.0. The number of nitrogens with one attached hydrogen (secondary N) is 1. The fraction of sp³-hybridized carbons (Fsp3) is 0.364. The molecule has 3 N–H and O–H groups in total. The van der Waals surface area contributed by atoms with Gasteiger partial charge in [0, 0.05) is 12.7 Å². The number of aromatic nitrogens is 4. The van der Waals surface area contributed by atoms with Crippen LogP contribution in [0, 0.1) is 0 Å². The third-order valence-electron chi connectivity index (χ3n) is 2.71. The van der Waals surface area contributed by atoms with Crippen molar-refractivity contribution < 1.29 is 4.74 Å². The molecule has 96 valence electrons. The van der Waals surface area contributed by atoms with Gasteiger partial charge in [-0.15, -0.1) is 0 Å². The van der Waals surface area contributed by atoms with E-state index in [4.69, 9.17) is 10.6 Å². The second-order valence-electron chi connectivity index (χ2n) is 3.65. The van der Waals surface area contributed by atoms with E-state index in [1.807, 2.05) is 11.6 Å². The molecule has 2 rings (SSSR count). The molecule has 0 spiro atoms. The summed E-state index contributed by atoms with van der Waals surface area (Å²) in [6.07, 6.45) is 4.83. The van der Waals surface area contributed by atoms with Crippen LogP contribution in [0.25, 0.3) is 0 Å². The predicted molar refractivity (Wildman–Crippen MR) is 65.7 cm³/mol. The smallest absolute Gasteiger partial charge is 0.162 e. The van der Waals surface area contributed by atoms with Crippen LogP contribution in [0.1, 0.15) is 24.4 Å². The number of nitrogens with zero attached hydrogens (tertiary/aromatic N) is 4. The first-order valence-corrected chi connectivity index (χ1v) is 5.63. The lowest BCUT2D eigenvalue weighted by atomic mass is 10.1. The topological polar surface area (TPSA) is 90.9 Å². The molecule has 0 fully saturated rings. The summed E-state index contributed by atoms with van der Waals surface area (Å²) in [6.45, 7) is 2.73. The summed E-state index contributed by atoms with van der Waals surface area (Å²) < 4.78 is 7.13. The normalized spacial score (nSPS) is 12.4. The van der Waals surface area contributed by atoms with Crippen molar-refractivity contribution >= 4 is 0 Å². The summed E-state index contributed by atoms with van der Waals surface area (Å²) in [5, 5.41) is 4.25. The molecule has 1 unspecified atom stereocenters. The predicted octanol–water partition coefficient (Wildman–Crippen LogP) is 0.254. The van der Waals surface area contributed by atoms with Gasteiger partial charge in [-0.1, -0.05) is 0 Å². The van der Waals surface area contributed by atoms with E-state index in [-0.39, 0.29) is 6.04 Å². The van der Waals surface area contributed by atoms with E-state index in [1.165, 1.54) is 6.33 Å². The number of methoxy groups -OCH3 is 1. The van der Waals surface area contributed by atoms with Gasteiger partial charge in [0.2, 0.25) is 0 Å². The first-order chi connectivity index (χ1) is 8.81. The van der Waals surface area contributed by atoms with Gasteiger partial charge in [-0.25, -0.2) is 15.4 Å². The van der Waals surface area contributed by atoms with Crippen molar-refractivity contribution in [2.24, 2.45) is 5.84 Å². The lowest BCUT2D eigenvalue weighted by Gasteiger charge is -2.17. The molecule has 0 saturated carbocycles. The fourth-order valence-corrected chi connectivity index (χ4v) is 1.85. The molecule has 1 atom stereocenters. The van der Waals surface area contributed by atoms with Crippen molar-refractivity contribution in [1.82, 2.24) is 25.2 Å². The molecule has 0 aliphatic rings. The van der Waals surface area contributed by atoms with Gasteiger partial charge in [0.15, 0.2) is 5.75 Å². The summed E-state index contributed by atoms with van der Waals surface area (Å²) >= 11 is 0. The molecule has 7 heteroatoms. The minimum absolute atomic E-state index is 0.287. The van der Waals surface area contributed by atoms with E-state index in [0.717, 1.165) is 17.9 Å². The lowest BCUT2D eigenvalue weighted by Crippen LogP contribution is -2.31. The number of aryl methyl sites for hydroxylation is 1. The van der Waals surface area contributed by atoms with Crippen LogP contribution >= 0.6 is 0 Å². The van der Waals surface area contributed by atoms with Gasteiger partial charge in [-0.05, 0) is 13.0 Å². The van der Waals surface area contributed by atoms with Crippen molar-refractivity contribution in [2.75, 3.05) is 7.11 Å². The van der Waals surface area contributed by atoms with Crippen LogP contribution in [0.3, 0.4) is 0 Å². The molecule has 0 amide bonds. The van der Waals surface area contributed by atoms with Crippen molar-refractivity contribution in [3.63, 3.8) is 0 Å². The van der Waals surface area contributed by atoms with Crippen LogP contribution < -0.4 is 16.0 Å². The summed E-state index contributed by atoms with van der Waals surface area (Å²) in [4.78, 5) is 8.10. The quantitative estimate of drug-likeness (QED) is 0.582. The van der Waals surface area contributed by atoms with Crippen LogP contribution in [0.5, 0.6) is 5.75 Å². The Balaban J connectivity index is 2.47. The van der Waals surface area contributed by atoms with Gasteiger partial charge in [0.25, 0.3) is 0 Å². The van der Waals surface area contributed by atoms with Gasteiger partial charge in [-0.2, -0.15) is 5.10 Å². The molecular formula is C11H16N6O. The zero-order valence-electron chi connectivity index (χ0n) is 10.4. The maximum Gasteiger partial charge on any atom is 0.162 e. The third-order valence-corrected chi connectivity index (χ3v) is 2.71. The number of hydrazine groups is 1. The molecule has 0 saturated heterocycles. The maximum absolute atomic E-state index is 5.64. The van der Waals surface area contributed by atoms with Crippen LogP contribution in [0.2, 0.25) is 0 Å². The van der Waals surface area contributed by atoms with Crippen LogP contribution in [-0.2, 0) is 6.54 Å². The summed E-state index contributed by atoms with van der Waals surface area (Å²) in [5.41, 5.74) is 4.35. The van der Waals surface area contributed by atoms with Crippen molar-refractivity contribution in [3.8, 4) is 5.75 Å². The molecule has 0 aliphatic carbocycles. The summed E-state index contributed by atoms with van der Waals surface area (Å²) in [7, 11) is 1.61. The van der Waals surface area contributed by atoms with Gasteiger partial charge < -0.3 is 4.74 Å². The SMILES string of the molecule is CCn1ncc(OC)c1C(NN)c1ccncn1. The standard InChI is InChI=1S/C11H16N6O/c1-3-17-11(9(18-2)6-15-17)10(16-12)8-4-5-13-7-14-8/h4-7,10,16H,3,12H2,1-2H3. The molecular weight excluding hydrogens is 232 g/mol. The lowest BCUT2D eigenvalue weighted by molar-refractivity contribution is 0.398. The molecule has 2 heterocycles. The maximum atomic E-state index is 5.64. The largest absolute Gasteiger partial charge is 0.493 e. The summed E-state index contributed by atoms with van der Waals surface area (Å²) in [6, 6.07) is 1.52. The molecule has 2 aromatic rings. The molecule has 0 bridgehead atoms.